The van der Waals surface area contributed by atoms with Gasteiger partial charge in [0.05, 0.1) is 0 Å². The van der Waals surface area contributed by atoms with Gasteiger partial charge in [0.1, 0.15) is 5.75 Å². The van der Waals surface area contributed by atoms with Crippen molar-refractivity contribution in [2.75, 3.05) is 0 Å². The third kappa shape index (κ3) is 16.4. The Balaban J connectivity index is 0.000000289. The zero-order valence-electron chi connectivity index (χ0n) is 28.7. The number of benzene rings is 3. The van der Waals surface area contributed by atoms with Gasteiger partial charge >= 0.3 is 0 Å². The second-order valence-electron chi connectivity index (χ2n) is 14.1. The molecule has 0 bridgehead atoms. The number of para-hydroxylation sites is 1. The van der Waals surface area contributed by atoms with Crippen LogP contribution in [-0.4, -0.2) is 10.1 Å². The van der Waals surface area contributed by atoms with Gasteiger partial charge < -0.3 is 10.1 Å². The Morgan fingerprint density at radius 1 is 0.667 bits per heavy atom. The van der Waals surface area contributed by atoms with E-state index in [-0.39, 0.29) is 0 Å². The van der Waals surface area contributed by atoms with Gasteiger partial charge in [-0.05, 0) is 83.2 Å². The van der Waals surface area contributed by atoms with Crippen molar-refractivity contribution in [3.8, 4) is 5.75 Å². The summed E-state index contributed by atoms with van der Waals surface area (Å²) in [5.74, 6) is 3.56. The second-order valence-corrected chi connectivity index (χ2v) is 14.1. The van der Waals surface area contributed by atoms with Crippen LogP contribution in [0.15, 0.2) is 85.1 Å². The molecule has 0 aliphatic heterocycles. The van der Waals surface area contributed by atoms with Crippen LogP contribution < -0.4 is 0 Å². The van der Waals surface area contributed by atoms with Crippen molar-refractivity contribution >= 4 is 10.9 Å². The molecule has 1 unspecified atom stereocenters. The van der Waals surface area contributed by atoms with Crippen molar-refractivity contribution in [2.24, 2.45) is 29.1 Å². The molecule has 0 saturated carbocycles. The lowest BCUT2D eigenvalue weighted by Crippen LogP contribution is -2.08. The highest BCUT2D eigenvalue weighted by Gasteiger charge is 2.13. The number of hydrogen-bond acceptors (Lipinski definition) is 1. The maximum atomic E-state index is 8.99. The number of aromatic nitrogens is 1. The summed E-state index contributed by atoms with van der Waals surface area (Å²) in [5.41, 5.74) is 5.75. The Kier molecular flexibility index (Phi) is 17.0. The van der Waals surface area contributed by atoms with E-state index in [1.54, 1.807) is 12.1 Å². The third-order valence-corrected chi connectivity index (χ3v) is 7.24. The highest BCUT2D eigenvalue weighted by Crippen LogP contribution is 2.26. The van der Waals surface area contributed by atoms with Gasteiger partial charge in [-0.25, -0.2) is 0 Å². The van der Waals surface area contributed by atoms with E-state index in [0.29, 0.717) is 17.1 Å². The fourth-order valence-corrected chi connectivity index (χ4v) is 4.51. The summed E-state index contributed by atoms with van der Waals surface area (Å²) in [6, 6.07) is 26.5. The van der Waals surface area contributed by atoms with E-state index >= 15 is 0 Å². The molecule has 1 atom stereocenters. The molecule has 3 aromatic carbocycles. The SMILES string of the molecule is CC(C)(C)Cc1c[nH]c2ccccc12.CC(C)Cc1ccc(O)cc1.CC(C)Cc1ccccc1.CCC(C)C(C)C. The first-order chi connectivity index (χ1) is 19.7. The molecule has 0 saturated heterocycles. The van der Waals surface area contributed by atoms with Gasteiger partial charge in [-0.15, -0.1) is 0 Å². The molecular formula is C40H61NO. The lowest BCUT2D eigenvalue weighted by Gasteiger charge is -2.17. The fraction of sp³-hybridized carbons (Fsp3) is 0.500. The van der Waals surface area contributed by atoms with Gasteiger partial charge in [0, 0.05) is 17.1 Å². The molecule has 0 spiro atoms. The van der Waals surface area contributed by atoms with E-state index in [1.165, 1.54) is 40.4 Å². The number of H-pyrrole nitrogens is 1. The smallest absolute Gasteiger partial charge is 0.115 e. The van der Waals surface area contributed by atoms with Crippen LogP contribution >= 0.6 is 0 Å². The van der Waals surface area contributed by atoms with Crippen LogP contribution in [0.3, 0.4) is 0 Å². The molecular weight excluding hydrogens is 510 g/mol. The van der Waals surface area contributed by atoms with Crippen LogP contribution in [0, 0.1) is 29.1 Å². The molecule has 2 N–H and O–H groups in total. The van der Waals surface area contributed by atoms with Crippen LogP contribution in [0.25, 0.3) is 10.9 Å². The average molecular weight is 572 g/mol. The predicted molar refractivity (Wildman–Crippen MR) is 187 cm³/mol. The largest absolute Gasteiger partial charge is 0.508 e. The maximum Gasteiger partial charge on any atom is 0.115 e. The standard InChI is InChI=1S/C13H17N.C10H14O.C10H14.C7H16/c1-13(2,3)8-10-9-14-12-7-5-4-6-11(10)12;1-8(2)7-9-3-5-10(11)6-4-9;1-9(2)8-10-6-4-3-5-7-10;1-5-7(4)6(2)3/h4-7,9,14H,8H2,1-3H3;3-6,8,11H,7H2,1-2H3;3-7,9H,8H2,1-2H3;6-7H,5H2,1-4H3. The average Bonchev–Trinajstić information content (AvgIpc) is 3.32. The van der Waals surface area contributed by atoms with Crippen molar-refractivity contribution in [1.82, 2.24) is 4.98 Å². The van der Waals surface area contributed by atoms with E-state index in [4.69, 9.17) is 5.11 Å². The zero-order chi connectivity index (χ0) is 31.7. The lowest BCUT2D eigenvalue weighted by molar-refractivity contribution is 0.407. The quantitative estimate of drug-likeness (QED) is 0.227. The second kappa shape index (κ2) is 19.2. The van der Waals surface area contributed by atoms with E-state index in [1.807, 2.05) is 12.1 Å². The van der Waals surface area contributed by atoms with E-state index in [0.717, 1.165) is 30.6 Å². The normalized spacial score (nSPS) is 11.8. The minimum absolute atomic E-state index is 0.345. The lowest BCUT2D eigenvalue weighted by atomic mass is 9.88. The van der Waals surface area contributed by atoms with E-state index in [9.17, 15) is 0 Å². The molecule has 2 nitrogen and oxygen atoms in total. The molecule has 1 heterocycles. The summed E-state index contributed by atoms with van der Waals surface area (Å²) < 4.78 is 0. The number of aromatic hydroxyl groups is 1. The number of rotatable bonds is 7. The number of phenolic OH excluding ortho intramolecular Hbond substituents is 1. The van der Waals surface area contributed by atoms with Crippen LogP contribution in [-0.2, 0) is 19.3 Å². The Bertz CT molecular complexity index is 1210. The number of fused-ring (bicyclic) bond motifs is 1. The summed E-state index contributed by atoms with van der Waals surface area (Å²) >= 11 is 0. The Hall–Kier alpha value is -3.00. The molecule has 42 heavy (non-hydrogen) atoms. The minimum Gasteiger partial charge on any atom is -0.508 e. The highest BCUT2D eigenvalue weighted by molar-refractivity contribution is 5.83. The zero-order valence-corrected chi connectivity index (χ0v) is 28.7. The van der Waals surface area contributed by atoms with Crippen LogP contribution in [0.5, 0.6) is 5.75 Å². The monoisotopic (exact) mass is 571 g/mol. The van der Waals surface area contributed by atoms with Crippen molar-refractivity contribution < 1.29 is 5.11 Å². The Morgan fingerprint density at radius 3 is 1.62 bits per heavy atom. The molecule has 4 rings (SSSR count). The van der Waals surface area contributed by atoms with Gasteiger partial charge in [-0.2, -0.15) is 0 Å². The summed E-state index contributed by atoms with van der Waals surface area (Å²) in [6.07, 6.45) is 6.85. The molecule has 0 radical (unpaired) electrons. The van der Waals surface area contributed by atoms with Crippen LogP contribution in [0.1, 0.15) is 99.3 Å². The molecule has 1 aromatic heterocycles. The first-order valence-corrected chi connectivity index (χ1v) is 16.1. The minimum atomic E-state index is 0.345. The van der Waals surface area contributed by atoms with Gasteiger partial charge in [-0.3, -0.25) is 0 Å². The molecule has 0 amide bonds. The summed E-state index contributed by atoms with van der Waals surface area (Å²) in [6.45, 7) is 24.8. The van der Waals surface area contributed by atoms with E-state index in [2.05, 4.69) is 142 Å². The van der Waals surface area contributed by atoms with Gasteiger partial charge in [0.15, 0.2) is 0 Å². The molecule has 2 heteroatoms. The molecule has 4 aromatic rings. The third-order valence-electron chi connectivity index (χ3n) is 7.24. The predicted octanol–water partition coefficient (Wildman–Crippen LogP) is 11.9. The number of nitrogens with one attached hydrogen (secondary N) is 1. The van der Waals surface area contributed by atoms with Crippen molar-refractivity contribution in [1.29, 1.82) is 0 Å². The topological polar surface area (TPSA) is 36.0 Å². The van der Waals surface area contributed by atoms with E-state index < -0.39 is 0 Å². The molecule has 0 aliphatic carbocycles. The van der Waals surface area contributed by atoms with Crippen molar-refractivity contribution in [3.05, 3.63) is 102 Å². The summed E-state index contributed by atoms with van der Waals surface area (Å²) in [5, 5.41) is 10.4. The first-order valence-electron chi connectivity index (χ1n) is 16.1. The maximum absolute atomic E-state index is 8.99. The molecule has 232 valence electrons. The number of hydrogen-bond donors (Lipinski definition) is 2. The van der Waals surface area contributed by atoms with Gasteiger partial charge in [0.25, 0.3) is 0 Å². The van der Waals surface area contributed by atoms with Gasteiger partial charge in [-0.1, -0.05) is 143 Å². The summed E-state index contributed by atoms with van der Waals surface area (Å²) in [7, 11) is 0. The van der Waals surface area contributed by atoms with Gasteiger partial charge in [0.2, 0.25) is 0 Å². The summed E-state index contributed by atoms with van der Waals surface area (Å²) in [4.78, 5) is 3.31. The number of aromatic amines is 1. The van der Waals surface area contributed by atoms with Crippen LogP contribution in [0.2, 0.25) is 0 Å². The first kappa shape index (κ1) is 37.0. The van der Waals surface area contributed by atoms with Crippen molar-refractivity contribution in [3.63, 3.8) is 0 Å². The highest BCUT2D eigenvalue weighted by atomic mass is 16.3. The van der Waals surface area contributed by atoms with Crippen molar-refractivity contribution in [2.45, 2.75) is 102 Å². The van der Waals surface area contributed by atoms with Crippen LogP contribution in [0.4, 0.5) is 0 Å². The Morgan fingerprint density at radius 2 is 1.17 bits per heavy atom. The molecule has 0 fully saturated rings. The molecule has 0 aliphatic rings. The Labute approximate surface area is 259 Å². The number of phenols is 1. The fourth-order valence-electron chi connectivity index (χ4n) is 4.51.